The highest BCUT2D eigenvalue weighted by molar-refractivity contribution is 5.74. The van der Waals surface area contributed by atoms with E-state index >= 15 is 0 Å². The number of benzene rings is 2. The number of fused-ring (bicyclic) bond motifs is 2. The third-order valence-electron chi connectivity index (χ3n) is 5.92. The van der Waals surface area contributed by atoms with Crippen LogP contribution in [0, 0.1) is 0 Å². The molecule has 0 saturated carbocycles. The summed E-state index contributed by atoms with van der Waals surface area (Å²) >= 11 is 0. The Hall–Kier alpha value is -3.68. The topological polar surface area (TPSA) is 85.9 Å². The van der Waals surface area contributed by atoms with Crippen molar-refractivity contribution < 1.29 is 0 Å². The third-order valence-corrected chi connectivity index (χ3v) is 5.92. The van der Waals surface area contributed by atoms with Crippen LogP contribution in [0.25, 0.3) is 11.0 Å². The summed E-state index contributed by atoms with van der Waals surface area (Å²) in [6, 6.07) is 16.6. The lowest BCUT2D eigenvalue weighted by Crippen LogP contribution is -2.33. The highest BCUT2D eigenvalue weighted by Gasteiger charge is 2.21. The van der Waals surface area contributed by atoms with Crippen molar-refractivity contribution in [2.45, 2.75) is 33.4 Å². The Morgan fingerprint density at radius 3 is 2.53 bits per heavy atom. The minimum absolute atomic E-state index is 0.513. The predicted molar refractivity (Wildman–Crippen MR) is 128 cm³/mol. The van der Waals surface area contributed by atoms with Crippen molar-refractivity contribution in [3.63, 3.8) is 0 Å². The lowest BCUT2D eigenvalue weighted by atomic mass is 10.0. The SMILES string of the molecule is CCN(CC)c1nc(NCc2nc3ccccc3[nH]2)nc(N2CCc3ccccc3C2)n1. The number of nitrogens with zero attached hydrogens (tertiary/aromatic N) is 6. The molecule has 4 aromatic rings. The summed E-state index contributed by atoms with van der Waals surface area (Å²) in [5.41, 5.74) is 4.72. The van der Waals surface area contributed by atoms with Gasteiger partial charge in [-0.3, -0.25) is 0 Å². The van der Waals surface area contributed by atoms with E-state index in [-0.39, 0.29) is 0 Å². The first-order valence-electron chi connectivity index (χ1n) is 11.2. The molecule has 0 spiro atoms. The zero-order chi connectivity index (χ0) is 21.9. The normalized spacial score (nSPS) is 13.2. The summed E-state index contributed by atoms with van der Waals surface area (Å²) < 4.78 is 0. The van der Waals surface area contributed by atoms with E-state index in [4.69, 9.17) is 15.0 Å². The van der Waals surface area contributed by atoms with Crippen LogP contribution < -0.4 is 15.1 Å². The van der Waals surface area contributed by atoms with Gasteiger partial charge in [0.1, 0.15) is 5.82 Å². The van der Waals surface area contributed by atoms with E-state index in [1.807, 2.05) is 24.3 Å². The Kier molecular flexibility index (Phi) is 5.58. The van der Waals surface area contributed by atoms with Crippen LogP contribution in [0.5, 0.6) is 0 Å². The lowest BCUT2D eigenvalue weighted by molar-refractivity contribution is 0.699. The van der Waals surface area contributed by atoms with E-state index in [2.05, 4.69) is 63.2 Å². The molecule has 1 aliphatic heterocycles. The van der Waals surface area contributed by atoms with Gasteiger partial charge in [-0.25, -0.2) is 4.98 Å². The molecule has 0 saturated heterocycles. The Morgan fingerprint density at radius 1 is 0.938 bits per heavy atom. The lowest BCUT2D eigenvalue weighted by Gasteiger charge is -2.30. The standard InChI is InChI=1S/C24H28N8/c1-3-31(4-2)23-28-22(25-15-21-26-19-11-7-8-12-20(19)27-21)29-24(30-23)32-14-13-17-9-5-6-10-18(17)16-32/h5-12H,3-4,13-16H2,1-2H3,(H,26,27)(H,25,28,29,30). The maximum Gasteiger partial charge on any atom is 0.232 e. The fourth-order valence-corrected chi connectivity index (χ4v) is 4.14. The number of aromatic amines is 1. The number of hydrogen-bond acceptors (Lipinski definition) is 7. The number of H-pyrrole nitrogens is 1. The number of hydrogen-bond donors (Lipinski definition) is 2. The summed E-state index contributed by atoms with van der Waals surface area (Å²) in [4.78, 5) is 26.7. The fraction of sp³-hybridized carbons (Fsp3) is 0.333. The predicted octanol–water partition coefficient (Wildman–Crippen LogP) is 3.77. The van der Waals surface area contributed by atoms with E-state index in [0.29, 0.717) is 24.4 Å². The molecule has 0 aliphatic carbocycles. The summed E-state index contributed by atoms with van der Waals surface area (Å²) in [5.74, 6) is 2.83. The van der Waals surface area contributed by atoms with E-state index in [1.165, 1.54) is 11.1 Å². The monoisotopic (exact) mass is 428 g/mol. The summed E-state index contributed by atoms with van der Waals surface area (Å²) in [5, 5.41) is 3.35. The molecule has 0 unspecified atom stereocenters. The van der Waals surface area contributed by atoms with Crippen LogP contribution in [0.1, 0.15) is 30.8 Å². The molecular formula is C24H28N8. The van der Waals surface area contributed by atoms with E-state index in [0.717, 1.165) is 49.5 Å². The van der Waals surface area contributed by atoms with Crippen molar-refractivity contribution in [1.82, 2.24) is 24.9 Å². The molecule has 164 valence electrons. The van der Waals surface area contributed by atoms with Gasteiger partial charge in [-0.15, -0.1) is 0 Å². The van der Waals surface area contributed by atoms with Gasteiger partial charge in [0.2, 0.25) is 17.8 Å². The van der Waals surface area contributed by atoms with Crippen LogP contribution in [0.3, 0.4) is 0 Å². The molecule has 2 aromatic heterocycles. The Balaban J connectivity index is 1.42. The van der Waals surface area contributed by atoms with Gasteiger partial charge < -0.3 is 20.1 Å². The average molecular weight is 429 g/mol. The van der Waals surface area contributed by atoms with Crippen molar-refractivity contribution in [3.05, 3.63) is 65.5 Å². The van der Waals surface area contributed by atoms with Gasteiger partial charge in [0.15, 0.2) is 0 Å². The summed E-state index contributed by atoms with van der Waals surface area (Å²) in [6.45, 7) is 8.12. The van der Waals surface area contributed by atoms with Gasteiger partial charge in [-0.05, 0) is 43.5 Å². The smallest absolute Gasteiger partial charge is 0.232 e. The molecule has 2 aromatic carbocycles. The molecule has 0 atom stereocenters. The highest BCUT2D eigenvalue weighted by atomic mass is 15.4. The van der Waals surface area contributed by atoms with Crippen molar-refractivity contribution in [2.24, 2.45) is 0 Å². The molecule has 0 amide bonds. The van der Waals surface area contributed by atoms with E-state index < -0.39 is 0 Å². The van der Waals surface area contributed by atoms with Gasteiger partial charge in [-0.1, -0.05) is 36.4 Å². The number of rotatable bonds is 7. The summed E-state index contributed by atoms with van der Waals surface area (Å²) in [7, 11) is 0. The molecular weight excluding hydrogens is 400 g/mol. The minimum Gasteiger partial charge on any atom is -0.347 e. The van der Waals surface area contributed by atoms with Crippen LogP contribution in [0.15, 0.2) is 48.5 Å². The van der Waals surface area contributed by atoms with Crippen LogP contribution >= 0.6 is 0 Å². The average Bonchev–Trinajstić information content (AvgIpc) is 3.26. The van der Waals surface area contributed by atoms with Crippen LogP contribution in [-0.2, 0) is 19.5 Å². The van der Waals surface area contributed by atoms with Crippen LogP contribution in [0.4, 0.5) is 17.8 Å². The van der Waals surface area contributed by atoms with Gasteiger partial charge in [0.05, 0.1) is 17.6 Å². The maximum atomic E-state index is 4.83. The van der Waals surface area contributed by atoms with Crippen LogP contribution in [-0.4, -0.2) is 44.6 Å². The van der Waals surface area contributed by atoms with Crippen molar-refractivity contribution >= 4 is 28.9 Å². The second-order valence-corrected chi connectivity index (χ2v) is 7.93. The molecule has 5 rings (SSSR count). The molecule has 3 heterocycles. The van der Waals surface area contributed by atoms with Gasteiger partial charge in [0.25, 0.3) is 0 Å². The maximum absolute atomic E-state index is 4.83. The van der Waals surface area contributed by atoms with Crippen molar-refractivity contribution in [1.29, 1.82) is 0 Å². The van der Waals surface area contributed by atoms with Crippen molar-refractivity contribution in [2.75, 3.05) is 34.8 Å². The van der Waals surface area contributed by atoms with Gasteiger partial charge in [0, 0.05) is 26.2 Å². The molecule has 32 heavy (non-hydrogen) atoms. The third kappa shape index (κ3) is 4.08. The van der Waals surface area contributed by atoms with E-state index in [1.54, 1.807) is 0 Å². The molecule has 0 bridgehead atoms. The molecule has 8 heteroatoms. The Morgan fingerprint density at radius 2 is 1.72 bits per heavy atom. The largest absolute Gasteiger partial charge is 0.347 e. The Bertz CT molecular complexity index is 1180. The van der Waals surface area contributed by atoms with Gasteiger partial charge >= 0.3 is 0 Å². The fourth-order valence-electron chi connectivity index (χ4n) is 4.14. The van der Waals surface area contributed by atoms with Crippen LogP contribution in [0.2, 0.25) is 0 Å². The zero-order valence-corrected chi connectivity index (χ0v) is 18.5. The molecule has 0 fully saturated rings. The minimum atomic E-state index is 0.513. The second kappa shape index (κ2) is 8.82. The Labute approximate surface area is 187 Å². The zero-order valence-electron chi connectivity index (χ0n) is 18.5. The second-order valence-electron chi connectivity index (χ2n) is 7.93. The molecule has 8 nitrogen and oxygen atoms in total. The quantitative estimate of drug-likeness (QED) is 0.463. The summed E-state index contributed by atoms with van der Waals surface area (Å²) in [6.07, 6.45) is 0.990. The van der Waals surface area contributed by atoms with Crippen molar-refractivity contribution in [3.8, 4) is 0 Å². The number of aromatic nitrogens is 5. The number of nitrogens with one attached hydrogen (secondary N) is 2. The first-order valence-corrected chi connectivity index (χ1v) is 11.2. The molecule has 2 N–H and O–H groups in total. The number of anilines is 3. The first kappa shape index (κ1) is 20.2. The van der Waals surface area contributed by atoms with Gasteiger partial charge in [-0.2, -0.15) is 15.0 Å². The number of para-hydroxylation sites is 2. The van der Waals surface area contributed by atoms with E-state index in [9.17, 15) is 0 Å². The molecule has 0 radical (unpaired) electrons. The first-order chi connectivity index (χ1) is 15.7. The molecule has 1 aliphatic rings. The highest BCUT2D eigenvalue weighted by Crippen LogP contribution is 2.24. The number of imidazole rings is 1.